The number of sulfonamides is 1. The second kappa shape index (κ2) is 7.09. The van der Waals surface area contributed by atoms with Crippen LogP contribution in [0.25, 0.3) is 10.1 Å². The highest BCUT2D eigenvalue weighted by Gasteiger charge is 2.29. The molecule has 0 atom stereocenters. The largest absolute Gasteiger partial charge is 0.462 e. The predicted molar refractivity (Wildman–Crippen MR) is 105 cm³/mol. The van der Waals surface area contributed by atoms with E-state index in [-0.39, 0.29) is 16.4 Å². The molecular formula is C19H19NO4S2. The molecule has 0 radical (unpaired) electrons. The molecule has 1 aromatic heterocycles. The molecule has 3 rings (SSSR count). The molecule has 0 saturated heterocycles. The van der Waals surface area contributed by atoms with Crippen LogP contribution in [0.15, 0.2) is 47.4 Å². The molecular weight excluding hydrogens is 370 g/mol. The van der Waals surface area contributed by atoms with Gasteiger partial charge in [-0.2, -0.15) is 0 Å². The molecule has 0 fully saturated rings. The van der Waals surface area contributed by atoms with Gasteiger partial charge in [0.15, 0.2) is 0 Å². The fourth-order valence-corrected chi connectivity index (χ4v) is 5.59. The highest BCUT2D eigenvalue weighted by atomic mass is 32.2. The molecule has 7 heteroatoms. The van der Waals surface area contributed by atoms with E-state index < -0.39 is 16.0 Å². The second-order valence-electron chi connectivity index (χ2n) is 5.83. The van der Waals surface area contributed by atoms with E-state index in [9.17, 15) is 13.2 Å². The quantitative estimate of drug-likeness (QED) is 0.652. The lowest BCUT2D eigenvalue weighted by Crippen LogP contribution is -2.17. The normalized spacial score (nSPS) is 11.5. The fraction of sp³-hybridized carbons (Fsp3) is 0.211. The van der Waals surface area contributed by atoms with Gasteiger partial charge in [-0.1, -0.05) is 30.3 Å². The zero-order valence-corrected chi connectivity index (χ0v) is 16.3. The van der Waals surface area contributed by atoms with Crippen LogP contribution in [-0.2, 0) is 14.8 Å². The van der Waals surface area contributed by atoms with Crippen LogP contribution in [0.4, 0.5) is 5.69 Å². The molecule has 0 aliphatic heterocycles. The number of anilines is 1. The molecule has 26 heavy (non-hydrogen) atoms. The molecule has 0 aliphatic carbocycles. The summed E-state index contributed by atoms with van der Waals surface area (Å²) in [6.45, 7) is 5.63. The predicted octanol–water partition coefficient (Wildman–Crippen LogP) is 4.50. The van der Waals surface area contributed by atoms with E-state index in [0.29, 0.717) is 11.1 Å². The van der Waals surface area contributed by atoms with Gasteiger partial charge in [0.05, 0.1) is 12.3 Å². The number of ether oxygens (including phenoxy) is 1. The minimum absolute atomic E-state index is 0.0301. The molecule has 3 aromatic rings. The van der Waals surface area contributed by atoms with Gasteiger partial charge >= 0.3 is 5.97 Å². The van der Waals surface area contributed by atoms with Crippen molar-refractivity contribution >= 4 is 43.1 Å². The second-order valence-corrected chi connectivity index (χ2v) is 8.50. The van der Waals surface area contributed by atoms with Crippen LogP contribution >= 0.6 is 11.3 Å². The zero-order chi connectivity index (χ0) is 18.9. The van der Waals surface area contributed by atoms with E-state index in [4.69, 9.17) is 4.74 Å². The number of hydrogen-bond acceptors (Lipinski definition) is 5. The topological polar surface area (TPSA) is 72.5 Å². The Morgan fingerprint density at radius 1 is 1.12 bits per heavy atom. The number of benzene rings is 2. The SMILES string of the molecule is CCOC(=O)c1sc2ccccc2c1S(=O)(=O)Nc1cccc(C)c1C. The number of esters is 1. The van der Waals surface area contributed by atoms with E-state index in [2.05, 4.69) is 4.72 Å². The number of nitrogens with one attached hydrogen (secondary N) is 1. The Morgan fingerprint density at radius 2 is 1.85 bits per heavy atom. The van der Waals surface area contributed by atoms with Gasteiger partial charge in [-0.05, 0) is 44.0 Å². The van der Waals surface area contributed by atoms with Crippen LogP contribution < -0.4 is 4.72 Å². The van der Waals surface area contributed by atoms with Gasteiger partial charge in [0.1, 0.15) is 9.77 Å². The van der Waals surface area contributed by atoms with Crippen LogP contribution in [0.2, 0.25) is 0 Å². The number of carbonyl (C=O) groups excluding carboxylic acids is 1. The van der Waals surface area contributed by atoms with Crippen molar-refractivity contribution in [3.8, 4) is 0 Å². The van der Waals surface area contributed by atoms with Crippen molar-refractivity contribution in [2.75, 3.05) is 11.3 Å². The minimum atomic E-state index is -3.97. The molecule has 0 bridgehead atoms. The van der Waals surface area contributed by atoms with Gasteiger partial charge in [0, 0.05) is 10.1 Å². The number of hydrogen-bond donors (Lipinski definition) is 1. The van der Waals surface area contributed by atoms with Crippen LogP contribution in [0.1, 0.15) is 27.7 Å². The van der Waals surface area contributed by atoms with E-state index in [1.165, 1.54) is 0 Å². The van der Waals surface area contributed by atoms with Crippen molar-refractivity contribution in [2.24, 2.45) is 0 Å². The van der Waals surface area contributed by atoms with Crippen LogP contribution in [0.5, 0.6) is 0 Å². The van der Waals surface area contributed by atoms with Crippen molar-refractivity contribution in [3.63, 3.8) is 0 Å². The van der Waals surface area contributed by atoms with Crippen molar-refractivity contribution in [2.45, 2.75) is 25.7 Å². The highest BCUT2D eigenvalue weighted by Crippen LogP contribution is 2.36. The molecule has 5 nitrogen and oxygen atoms in total. The summed E-state index contributed by atoms with van der Waals surface area (Å²) in [5.41, 5.74) is 2.31. The molecule has 2 aromatic carbocycles. The van der Waals surface area contributed by atoms with E-state index >= 15 is 0 Å². The highest BCUT2D eigenvalue weighted by molar-refractivity contribution is 7.93. The van der Waals surface area contributed by atoms with Crippen molar-refractivity contribution in [1.82, 2.24) is 0 Å². The van der Waals surface area contributed by atoms with E-state index in [1.807, 2.05) is 26.0 Å². The summed E-state index contributed by atoms with van der Waals surface area (Å²) >= 11 is 1.12. The zero-order valence-electron chi connectivity index (χ0n) is 14.7. The third-order valence-corrected chi connectivity index (χ3v) is 6.86. The fourth-order valence-electron chi connectivity index (χ4n) is 2.68. The standard InChI is InChI=1S/C19H19NO4S2/c1-4-24-19(21)17-18(14-9-5-6-11-16(14)25-17)26(22,23)20-15-10-7-8-12(2)13(15)3/h5-11,20H,4H2,1-3H3. The summed E-state index contributed by atoms with van der Waals surface area (Å²) in [5, 5.41) is 0.512. The first-order chi connectivity index (χ1) is 12.3. The average molecular weight is 389 g/mol. The number of aryl methyl sites for hydroxylation is 1. The maximum atomic E-state index is 13.2. The van der Waals surface area contributed by atoms with Crippen LogP contribution in [-0.4, -0.2) is 21.0 Å². The Balaban J connectivity index is 2.17. The van der Waals surface area contributed by atoms with E-state index in [0.717, 1.165) is 27.2 Å². The van der Waals surface area contributed by atoms with Crippen LogP contribution in [0.3, 0.4) is 0 Å². The first-order valence-corrected chi connectivity index (χ1v) is 10.4. The van der Waals surface area contributed by atoms with E-state index in [1.54, 1.807) is 37.3 Å². The Kier molecular flexibility index (Phi) is 5.02. The molecule has 1 N–H and O–H groups in total. The maximum absolute atomic E-state index is 13.2. The summed E-state index contributed by atoms with van der Waals surface area (Å²) in [6.07, 6.45) is 0. The molecule has 0 spiro atoms. The Bertz CT molecular complexity index is 1080. The van der Waals surface area contributed by atoms with Crippen molar-refractivity contribution in [1.29, 1.82) is 0 Å². The third kappa shape index (κ3) is 3.32. The van der Waals surface area contributed by atoms with Gasteiger partial charge in [-0.3, -0.25) is 4.72 Å². The summed E-state index contributed by atoms with van der Waals surface area (Å²) in [5.74, 6) is -0.630. The summed E-state index contributed by atoms with van der Waals surface area (Å²) < 4.78 is 34.7. The number of rotatable bonds is 5. The van der Waals surface area contributed by atoms with Gasteiger partial charge in [0.2, 0.25) is 0 Å². The number of fused-ring (bicyclic) bond motifs is 1. The minimum Gasteiger partial charge on any atom is -0.462 e. The van der Waals surface area contributed by atoms with Gasteiger partial charge in [-0.15, -0.1) is 11.3 Å². The molecule has 1 heterocycles. The van der Waals surface area contributed by atoms with Crippen molar-refractivity contribution in [3.05, 3.63) is 58.5 Å². The Morgan fingerprint density at radius 3 is 2.58 bits per heavy atom. The van der Waals surface area contributed by atoms with Gasteiger partial charge < -0.3 is 4.74 Å². The summed E-state index contributed by atoms with van der Waals surface area (Å²) in [6, 6.07) is 12.5. The maximum Gasteiger partial charge on any atom is 0.349 e. The average Bonchev–Trinajstić information content (AvgIpc) is 2.99. The smallest absolute Gasteiger partial charge is 0.349 e. The summed E-state index contributed by atoms with van der Waals surface area (Å²) in [7, 11) is -3.97. The molecule has 0 amide bonds. The monoisotopic (exact) mass is 389 g/mol. The molecule has 0 aliphatic rings. The molecule has 0 unspecified atom stereocenters. The number of carbonyl (C=O) groups is 1. The number of thiophene rings is 1. The first-order valence-electron chi connectivity index (χ1n) is 8.13. The Labute approximate surface area is 156 Å². The Hall–Kier alpha value is -2.38. The first kappa shape index (κ1) is 18.4. The lowest BCUT2D eigenvalue weighted by atomic mass is 10.1. The lowest BCUT2D eigenvalue weighted by Gasteiger charge is -2.13. The molecule has 0 saturated carbocycles. The molecule has 136 valence electrons. The lowest BCUT2D eigenvalue weighted by molar-refractivity contribution is 0.0528. The van der Waals surface area contributed by atoms with Gasteiger partial charge in [-0.25, -0.2) is 13.2 Å². The van der Waals surface area contributed by atoms with Gasteiger partial charge in [0.25, 0.3) is 10.0 Å². The van der Waals surface area contributed by atoms with Crippen molar-refractivity contribution < 1.29 is 17.9 Å². The van der Waals surface area contributed by atoms with Crippen LogP contribution in [0, 0.1) is 13.8 Å². The third-order valence-electron chi connectivity index (χ3n) is 4.13. The summed E-state index contributed by atoms with van der Waals surface area (Å²) in [4.78, 5) is 12.4.